The van der Waals surface area contributed by atoms with Crippen LogP contribution in [0.1, 0.15) is 12.3 Å². The predicted octanol–water partition coefficient (Wildman–Crippen LogP) is 1.59. The SMILES string of the molecule is COc1ccc(-c2cnc(CCC(=O)N3CCOCC3C(=O)O)o2)cc1. The van der Waals surface area contributed by atoms with Crippen molar-refractivity contribution in [1.82, 2.24) is 9.88 Å². The third-order valence-electron chi connectivity index (χ3n) is 4.21. The maximum atomic E-state index is 12.4. The first kappa shape index (κ1) is 17.9. The number of rotatable bonds is 6. The van der Waals surface area contributed by atoms with Crippen LogP contribution in [0.2, 0.25) is 0 Å². The summed E-state index contributed by atoms with van der Waals surface area (Å²) in [4.78, 5) is 29.1. The Kier molecular flexibility index (Phi) is 5.52. The van der Waals surface area contributed by atoms with E-state index in [1.165, 1.54) is 4.90 Å². The number of benzene rings is 1. The maximum Gasteiger partial charge on any atom is 0.328 e. The van der Waals surface area contributed by atoms with E-state index in [-0.39, 0.29) is 25.5 Å². The molecule has 1 aromatic carbocycles. The van der Waals surface area contributed by atoms with E-state index in [1.54, 1.807) is 13.3 Å². The van der Waals surface area contributed by atoms with Gasteiger partial charge in [0.2, 0.25) is 5.91 Å². The molecular weight excluding hydrogens is 340 g/mol. The minimum atomic E-state index is -1.06. The molecule has 1 aromatic heterocycles. The van der Waals surface area contributed by atoms with Gasteiger partial charge in [0.25, 0.3) is 0 Å². The summed E-state index contributed by atoms with van der Waals surface area (Å²) in [6.07, 6.45) is 2.04. The van der Waals surface area contributed by atoms with Gasteiger partial charge in [-0.05, 0) is 24.3 Å². The molecule has 26 heavy (non-hydrogen) atoms. The van der Waals surface area contributed by atoms with Gasteiger partial charge in [-0.1, -0.05) is 0 Å². The highest BCUT2D eigenvalue weighted by Crippen LogP contribution is 2.23. The van der Waals surface area contributed by atoms with Crippen molar-refractivity contribution in [3.05, 3.63) is 36.4 Å². The number of aromatic nitrogens is 1. The number of hydrogen-bond donors (Lipinski definition) is 1. The zero-order valence-electron chi connectivity index (χ0n) is 14.4. The zero-order valence-corrected chi connectivity index (χ0v) is 14.4. The van der Waals surface area contributed by atoms with Crippen LogP contribution in [0.3, 0.4) is 0 Å². The van der Waals surface area contributed by atoms with Crippen molar-refractivity contribution in [2.24, 2.45) is 0 Å². The monoisotopic (exact) mass is 360 g/mol. The number of carbonyl (C=O) groups excluding carboxylic acids is 1. The molecule has 1 amide bonds. The lowest BCUT2D eigenvalue weighted by molar-refractivity contribution is -0.158. The minimum Gasteiger partial charge on any atom is -0.497 e. The number of ether oxygens (including phenoxy) is 2. The van der Waals surface area contributed by atoms with E-state index in [4.69, 9.17) is 13.9 Å². The minimum absolute atomic E-state index is 0.0156. The molecule has 138 valence electrons. The lowest BCUT2D eigenvalue weighted by atomic mass is 10.2. The third kappa shape index (κ3) is 4.02. The van der Waals surface area contributed by atoms with Gasteiger partial charge >= 0.3 is 5.97 Å². The molecule has 2 aromatic rings. The van der Waals surface area contributed by atoms with Crippen molar-refractivity contribution in [1.29, 1.82) is 0 Å². The van der Waals surface area contributed by atoms with Gasteiger partial charge < -0.3 is 23.9 Å². The van der Waals surface area contributed by atoms with E-state index < -0.39 is 12.0 Å². The van der Waals surface area contributed by atoms with Gasteiger partial charge in [-0.15, -0.1) is 0 Å². The number of aliphatic carboxylic acids is 1. The molecule has 8 nitrogen and oxygen atoms in total. The van der Waals surface area contributed by atoms with Gasteiger partial charge in [0.05, 0.1) is 26.5 Å². The first-order valence-electron chi connectivity index (χ1n) is 8.27. The van der Waals surface area contributed by atoms with E-state index in [0.29, 0.717) is 24.7 Å². The second-order valence-corrected chi connectivity index (χ2v) is 5.86. The summed E-state index contributed by atoms with van der Waals surface area (Å²) in [5.74, 6) is 0.479. The van der Waals surface area contributed by atoms with E-state index in [1.807, 2.05) is 24.3 Å². The lowest BCUT2D eigenvalue weighted by Crippen LogP contribution is -2.52. The fourth-order valence-corrected chi connectivity index (χ4v) is 2.78. The quantitative estimate of drug-likeness (QED) is 0.834. The number of carboxylic acids is 1. The number of oxazole rings is 1. The Morgan fingerprint density at radius 3 is 2.81 bits per heavy atom. The molecule has 1 unspecified atom stereocenters. The molecule has 8 heteroatoms. The molecule has 0 saturated carbocycles. The van der Waals surface area contributed by atoms with Crippen molar-refractivity contribution >= 4 is 11.9 Å². The van der Waals surface area contributed by atoms with Crippen LogP contribution in [0.4, 0.5) is 0 Å². The summed E-state index contributed by atoms with van der Waals surface area (Å²) in [7, 11) is 1.60. The summed E-state index contributed by atoms with van der Waals surface area (Å²) in [6, 6.07) is 6.44. The van der Waals surface area contributed by atoms with Crippen LogP contribution in [0.5, 0.6) is 5.75 Å². The smallest absolute Gasteiger partial charge is 0.328 e. The topological polar surface area (TPSA) is 102 Å². The molecule has 1 N–H and O–H groups in total. The van der Waals surface area contributed by atoms with Gasteiger partial charge in [-0.2, -0.15) is 0 Å². The fraction of sp³-hybridized carbons (Fsp3) is 0.389. The van der Waals surface area contributed by atoms with Crippen LogP contribution in [0.25, 0.3) is 11.3 Å². The number of aryl methyl sites for hydroxylation is 1. The fourth-order valence-electron chi connectivity index (χ4n) is 2.78. The molecule has 3 rings (SSSR count). The van der Waals surface area contributed by atoms with Crippen molar-refractivity contribution in [2.75, 3.05) is 26.9 Å². The average Bonchev–Trinajstić information content (AvgIpc) is 3.15. The Morgan fingerprint density at radius 2 is 2.12 bits per heavy atom. The van der Waals surface area contributed by atoms with Crippen LogP contribution < -0.4 is 4.74 Å². The van der Waals surface area contributed by atoms with E-state index in [9.17, 15) is 14.7 Å². The highest BCUT2D eigenvalue weighted by Gasteiger charge is 2.32. The van der Waals surface area contributed by atoms with Gasteiger partial charge in [-0.25, -0.2) is 9.78 Å². The molecule has 1 fully saturated rings. The summed E-state index contributed by atoms with van der Waals surface area (Å²) in [5, 5.41) is 9.20. The average molecular weight is 360 g/mol. The van der Waals surface area contributed by atoms with Crippen LogP contribution in [0.15, 0.2) is 34.9 Å². The van der Waals surface area contributed by atoms with Gasteiger partial charge in [0.15, 0.2) is 17.7 Å². The van der Waals surface area contributed by atoms with Gasteiger partial charge in [0, 0.05) is 24.9 Å². The first-order valence-corrected chi connectivity index (χ1v) is 8.27. The third-order valence-corrected chi connectivity index (χ3v) is 4.21. The molecule has 0 spiro atoms. The first-order chi connectivity index (χ1) is 12.6. The van der Waals surface area contributed by atoms with E-state index in [0.717, 1.165) is 11.3 Å². The Balaban J connectivity index is 1.60. The van der Waals surface area contributed by atoms with Crippen molar-refractivity contribution in [3.63, 3.8) is 0 Å². The molecule has 0 bridgehead atoms. The number of carbonyl (C=O) groups is 2. The van der Waals surface area contributed by atoms with Crippen molar-refractivity contribution < 1.29 is 28.6 Å². The molecular formula is C18H20N2O6. The highest BCUT2D eigenvalue weighted by atomic mass is 16.5. The van der Waals surface area contributed by atoms with Gasteiger partial charge in [-0.3, -0.25) is 4.79 Å². The van der Waals surface area contributed by atoms with Crippen molar-refractivity contribution in [2.45, 2.75) is 18.9 Å². The highest BCUT2D eigenvalue weighted by molar-refractivity contribution is 5.84. The van der Waals surface area contributed by atoms with Crippen LogP contribution in [-0.4, -0.2) is 59.8 Å². The number of nitrogens with zero attached hydrogens (tertiary/aromatic N) is 2. The Hall–Kier alpha value is -2.87. The molecule has 1 aliphatic heterocycles. The number of hydrogen-bond acceptors (Lipinski definition) is 6. The largest absolute Gasteiger partial charge is 0.497 e. The predicted molar refractivity (Wildman–Crippen MR) is 90.8 cm³/mol. The normalized spacial score (nSPS) is 17.1. The summed E-state index contributed by atoms with van der Waals surface area (Å²) < 4.78 is 16.0. The van der Waals surface area contributed by atoms with E-state index in [2.05, 4.69) is 4.98 Å². The second kappa shape index (κ2) is 8.01. The lowest BCUT2D eigenvalue weighted by Gasteiger charge is -2.32. The molecule has 1 saturated heterocycles. The molecule has 0 radical (unpaired) electrons. The van der Waals surface area contributed by atoms with Gasteiger partial charge in [0.1, 0.15) is 5.75 Å². The standard InChI is InChI=1S/C18H20N2O6/c1-24-13-4-2-12(3-5-13)15-10-19-16(26-15)6-7-17(21)20-8-9-25-11-14(20)18(22)23/h2-5,10,14H,6-9,11H2,1H3,(H,22,23). The molecule has 2 heterocycles. The van der Waals surface area contributed by atoms with Crippen LogP contribution in [-0.2, 0) is 20.7 Å². The Bertz CT molecular complexity index is 770. The summed E-state index contributed by atoms with van der Waals surface area (Å²) >= 11 is 0. The number of morpholine rings is 1. The number of carboxylic acid groups (broad SMARTS) is 1. The zero-order chi connectivity index (χ0) is 18.5. The molecule has 1 aliphatic rings. The number of amides is 1. The number of methoxy groups -OCH3 is 1. The second-order valence-electron chi connectivity index (χ2n) is 5.86. The molecule has 0 aliphatic carbocycles. The maximum absolute atomic E-state index is 12.4. The van der Waals surface area contributed by atoms with Crippen LogP contribution >= 0.6 is 0 Å². The van der Waals surface area contributed by atoms with Crippen LogP contribution in [0, 0.1) is 0 Å². The Labute approximate surface area is 150 Å². The summed E-state index contributed by atoms with van der Waals surface area (Å²) in [6.45, 7) is 0.635. The Morgan fingerprint density at radius 1 is 1.35 bits per heavy atom. The van der Waals surface area contributed by atoms with E-state index >= 15 is 0 Å². The summed E-state index contributed by atoms with van der Waals surface area (Å²) in [5.41, 5.74) is 0.856. The van der Waals surface area contributed by atoms with Crippen molar-refractivity contribution in [3.8, 4) is 17.1 Å². The molecule has 1 atom stereocenters.